The third-order valence-corrected chi connectivity index (χ3v) is 2.34. The monoisotopic (exact) mass is 191 g/mol. The van der Waals surface area contributed by atoms with E-state index in [1.54, 1.807) is 6.20 Å². The highest BCUT2D eigenvalue weighted by atomic mass is 16.5. The van der Waals surface area contributed by atoms with Crippen molar-refractivity contribution in [2.75, 3.05) is 7.11 Å². The maximum absolute atomic E-state index is 9.04. The zero-order valence-electron chi connectivity index (χ0n) is 8.61. The van der Waals surface area contributed by atoms with Crippen molar-refractivity contribution in [1.82, 2.24) is 9.97 Å². The van der Waals surface area contributed by atoms with Crippen LogP contribution >= 0.6 is 0 Å². The summed E-state index contributed by atoms with van der Waals surface area (Å²) in [6, 6.07) is 2.24. The Kier molecular flexibility index (Phi) is 3.03. The highest BCUT2D eigenvalue weighted by Crippen LogP contribution is 2.25. The van der Waals surface area contributed by atoms with Crippen LogP contribution in [-0.2, 0) is 5.41 Å². The summed E-state index contributed by atoms with van der Waals surface area (Å²) >= 11 is 0. The quantitative estimate of drug-likeness (QED) is 0.729. The predicted molar refractivity (Wildman–Crippen MR) is 51.8 cm³/mol. The van der Waals surface area contributed by atoms with Crippen molar-refractivity contribution in [2.24, 2.45) is 0 Å². The van der Waals surface area contributed by atoms with Gasteiger partial charge in [-0.15, -0.1) is 0 Å². The second-order valence-electron chi connectivity index (χ2n) is 3.24. The van der Waals surface area contributed by atoms with Crippen LogP contribution in [0.25, 0.3) is 0 Å². The molecule has 0 bridgehead atoms. The molecular weight excluding hydrogens is 178 g/mol. The van der Waals surface area contributed by atoms with Gasteiger partial charge in [0.15, 0.2) is 0 Å². The Morgan fingerprint density at radius 1 is 1.57 bits per heavy atom. The first-order valence-corrected chi connectivity index (χ1v) is 4.44. The second-order valence-corrected chi connectivity index (χ2v) is 3.24. The molecule has 0 fully saturated rings. The number of nitrogens with zero attached hydrogens (tertiary/aromatic N) is 3. The maximum atomic E-state index is 9.04. The van der Waals surface area contributed by atoms with Crippen LogP contribution in [0.3, 0.4) is 0 Å². The number of rotatable bonds is 3. The molecule has 0 amide bonds. The van der Waals surface area contributed by atoms with Gasteiger partial charge in [0.1, 0.15) is 0 Å². The van der Waals surface area contributed by atoms with Crippen LogP contribution in [0.5, 0.6) is 5.88 Å². The van der Waals surface area contributed by atoms with Crippen LogP contribution in [0.4, 0.5) is 0 Å². The fourth-order valence-corrected chi connectivity index (χ4v) is 1.03. The number of methoxy groups -OCH3 is 1. The van der Waals surface area contributed by atoms with Crippen molar-refractivity contribution in [3.8, 4) is 11.9 Å². The van der Waals surface area contributed by atoms with E-state index in [0.29, 0.717) is 18.0 Å². The molecule has 0 saturated heterocycles. The summed E-state index contributed by atoms with van der Waals surface area (Å²) in [4.78, 5) is 8.18. The molecule has 1 aromatic heterocycles. The molecule has 0 aliphatic carbocycles. The SMILES string of the molecule is CCC(C)(C#N)c1cncc(OC)n1. The number of nitriles is 1. The van der Waals surface area contributed by atoms with Crippen LogP contribution in [0, 0.1) is 11.3 Å². The normalized spacial score (nSPS) is 14.1. The lowest BCUT2D eigenvalue weighted by molar-refractivity contribution is 0.389. The first kappa shape index (κ1) is 10.5. The van der Waals surface area contributed by atoms with E-state index >= 15 is 0 Å². The van der Waals surface area contributed by atoms with E-state index in [9.17, 15) is 0 Å². The summed E-state index contributed by atoms with van der Waals surface area (Å²) in [6.07, 6.45) is 3.83. The molecule has 14 heavy (non-hydrogen) atoms. The Balaban J connectivity index is 3.12. The number of aromatic nitrogens is 2. The Labute approximate surface area is 83.6 Å². The largest absolute Gasteiger partial charge is 0.480 e. The third-order valence-electron chi connectivity index (χ3n) is 2.34. The molecule has 4 nitrogen and oxygen atoms in total. The minimum absolute atomic E-state index is 0.442. The van der Waals surface area contributed by atoms with Crippen LogP contribution in [-0.4, -0.2) is 17.1 Å². The van der Waals surface area contributed by atoms with E-state index < -0.39 is 5.41 Å². The van der Waals surface area contributed by atoms with Crippen LogP contribution in [0.15, 0.2) is 12.4 Å². The summed E-state index contributed by atoms with van der Waals surface area (Å²) in [5, 5.41) is 9.04. The van der Waals surface area contributed by atoms with Gasteiger partial charge >= 0.3 is 0 Å². The number of ether oxygens (including phenoxy) is 1. The number of hydrogen-bond donors (Lipinski definition) is 0. The molecule has 0 aliphatic heterocycles. The predicted octanol–water partition coefficient (Wildman–Crippen LogP) is 1.68. The van der Waals surface area contributed by atoms with E-state index in [4.69, 9.17) is 10.00 Å². The molecule has 1 rings (SSSR count). The Morgan fingerprint density at radius 3 is 2.79 bits per heavy atom. The first-order valence-electron chi connectivity index (χ1n) is 4.44. The highest BCUT2D eigenvalue weighted by Gasteiger charge is 2.26. The van der Waals surface area contributed by atoms with Crippen LogP contribution in [0.1, 0.15) is 26.0 Å². The topological polar surface area (TPSA) is 58.8 Å². The fourth-order valence-electron chi connectivity index (χ4n) is 1.03. The average molecular weight is 191 g/mol. The molecule has 0 aliphatic rings. The third kappa shape index (κ3) is 1.82. The van der Waals surface area contributed by atoms with Gasteiger partial charge in [0.2, 0.25) is 5.88 Å². The molecule has 0 N–H and O–H groups in total. The Bertz CT molecular complexity index is 359. The van der Waals surface area contributed by atoms with Gasteiger partial charge in [0, 0.05) is 0 Å². The highest BCUT2D eigenvalue weighted by molar-refractivity contribution is 5.24. The lowest BCUT2D eigenvalue weighted by Gasteiger charge is -2.18. The number of hydrogen-bond acceptors (Lipinski definition) is 4. The van der Waals surface area contributed by atoms with Crippen molar-refractivity contribution in [3.63, 3.8) is 0 Å². The average Bonchev–Trinajstić information content (AvgIpc) is 2.28. The molecule has 1 aromatic rings. The van der Waals surface area contributed by atoms with Gasteiger partial charge in [-0.2, -0.15) is 5.26 Å². The van der Waals surface area contributed by atoms with Crippen molar-refractivity contribution < 1.29 is 4.74 Å². The molecule has 4 heteroatoms. The maximum Gasteiger partial charge on any atom is 0.232 e. The molecule has 0 aromatic carbocycles. The molecule has 0 spiro atoms. The van der Waals surface area contributed by atoms with Crippen LogP contribution < -0.4 is 4.74 Å². The summed E-state index contributed by atoms with van der Waals surface area (Å²) in [5.74, 6) is 0.442. The van der Waals surface area contributed by atoms with Crippen molar-refractivity contribution in [3.05, 3.63) is 18.1 Å². The first-order chi connectivity index (χ1) is 6.66. The van der Waals surface area contributed by atoms with E-state index in [0.717, 1.165) is 0 Å². The molecule has 0 radical (unpaired) electrons. The Hall–Kier alpha value is -1.63. The van der Waals surface area contributed by atoms with Gasteiger partial charge in [-0.25, -0.2) is 4.98 Å². The minimum atomic E-state index is -0.582. The van der Waals surface area contributed by atoms with E-state index in [2.05, 4.69) is 16.0 Å². The van der Waals surface area contributed by atoms with E-state index in [1.165, 1.54) is 13.3 Å². The molecule has 1 atom stereocenters. The molecule has 1 unspecified atom stereocenters. The van der Waals surface area contributed by atoms with Crippen molar-refractivity contribution in [1.29, 1.82) is 5.26 Å². The van der Waals surface area contributed by atoms with Gasteiger partial charge in [-0.1, -0.05) is 6.92 Å². The second kappa shape index (κ2) is 4.05. The van der Waals surface area contributed by atoms with Gasteiger partial charge in [0.05, 0.1) is 36.7 Å². The van der Waals surface area contributed by atoms with Crippen molar-refractivity contribution >= 4 is 0 Å². The van der Waals surface area contributed by atoms with Gasteiger partial charge in [-0.05, 0) is 13.3 Å². The fraction of sp³-hybridized carbons (Fsp3) is 0.500. The summed E-state index contributed by atoms with van der Waals surface area (Å²) in [6.45, 7) is 3.79. The standard InChI is InChI=1S/C10H13N3O/c1-4-10(2,7-11)8-5-12-6-9(13-8)14-3/h5-6H,4H2,1-3H3. The van der Waals surface area contributed by atoms with Gasteiger partial charge < -0.3 is 4.74 Å². The lowest BCUT2D eigenvalue weighted by atomic mass is 9.86. The van der Waals surface area contributed by atoms with E-state index in [-0.39, 0.29) is 0 Å². The van der Waals surface area contributed by atoms with Gasteiger partial charge in [-0.3, -0.25) is 4.98 Å². The summed E-state index contributed by atoms with van der Waals surface area (Å²) < 4.78 is 4.96. The molecular formula is C10H13N3O. The molecule has 0 saturated carbocycles. The van der Waals surface area contributed by atoms with Crippen LogP contribution in [0.2, 0.25) is 0 Å². The van der Waals surface area contributed by atoms with Gasteiger partial charge in [0.25, 0.3) is 0 Å². The van der Waals surface area contributed by atoms with Crippen molar-refractivity contribution in [2.45, 2.75) is 25.7 Å². The molecule has 1 heterocycles. The Morgan fingerprint density at radius 2 is 2.29 bits per heavy atom. The zero-order valence-corrected chi connectivity index (χ0v) is 8.61. The summed E-state index contributed by atoms with van der Waals surface area (Å²) in [5.41, 5.74) is 0.0727. The lowest BCUT2D eigenvalue weighted by Crippen LogP contribution is -2.20. The zero-order chi connectivity index (χ0) is 10.6. The minimum Gasteiger partial charge on any atom is -0.480 e. The summed E-state index contributed by atoms with van der Waals surface area (Å²) in [7, 11) is 1.53. The molecule has 74 valence electrons. The smallest absolute Gasteiger partial charge is 0.232 e. The van der Waals surface area contributed by atoms with E-state index in [1.807, 2.05) is 13.8 Å².